The van der Waals surface area contributed by atoms with E-state index in [-0.39, 0.29) is 11.5 Å². The van der Waals surface area contributed by atoms with E-state index in [0.29, 0.717) is 5.82 Å². The molecule has 0 aliphatic carbocycles. The Labute approximate surface area is 154 Å². The van der Waals surface area contributed by atoms with Crippen LogP contribution in [0.1, 0.15) is 31.1 Å². The molecule has 8 heteroatoms. The lowest BCUT2D eigenvalue weighted by Gasteiger charge is -2.17. The second-order valence-electron chi connectivity index (χ2n) is 6.96. The van der Waals surface area contributed by atoms with E-state index in [4.69, 9.17) is 0 Å². The molecule has 1 aromatic heterocycles. The van der Waals surface area contributed by atoms with Crippen LogP contribution in [-0.4, -0.2) is 27.6 Å². The summed E-state index contributed by atoms with van der Waals surface area (Å²) in [4.78, 5) is 16.9. The number of hydrogen-bond acceptors (Lipinski definition) is 3. The van der Waals surface area contributed by atoms with Crippen molar-refractivity contribution in [2.75, 3.05) is 5.32 Å². The van der Waals surface area contributed by atoms with Gasteiger partial charge in [-0.15, -0.1) is 0 Å². The second-order valence-corrected chi connectivity index (χ2v) is 6.96. The minimum atomic E-state index is -1.09. The van der Waals surface area contributed by atoms with Gasteiger partial charge >= 0.3 is 0 Å². The van der Waals surface area contributed by atoms with Crippen LogP contribution in [0.4, 0.5) is 14.6 Å². The third kappa shape index (κ3) is 4.46. The van der Waals surface area contributed by atoms with Crippen LogP contribution < -0.4 is 10.6 Å². The number of carbonyl (C=O) groups excluding carboxylic acids is 1. The van der Waals surface area contributed by atoms with Gasteiger partial charge in [0.15, 0.2) is 17.5 Å². The molecule has 0 saturated heterocycles. The first-order chi connectivity index (χ1) is 12.7. The first kappa shape index (κ1) is 18.5. The smallest absolute Gasteiger partial charge is 0.258 e. The molecule has 1 heterocycles. The summed E-state index contributed by atoms with van der Waals surface area (Å²) < 4.78 is 26.5. The number of fused-ring (bicyclic) bond motifs is 1. The first-order valence-corrected chi connectivity index (χ1v) is 8.29. The minimum absolute atomic E-state index is 0.0239. The van der Waals surface area contributed by atoms with E-state index in [2.05, 4.69) is 25.8 Å². The Morgan fingerprint density at radius 3 is 2.56 bits per heavy atom. The Kier molecular flexibility index (Phi) is 4.89. The molecule has 0 bridgehead atoms. The number of para-hydroxylation sites is 1. The van der Waals surface area contributed by atoms with Gasteiger partial charge in [0.05, 0.1) is 11.1 Å². The fourth-order valence-electron chi connectivity index (χ4n) is 2.41. The van der Waals surface area contributed by atoms with Crippen LogP contribution in [0.5, 0.6) is 0 Å². The van der Waals surface area contributed by atoms with Crippen LogP contribution in [0, 0.1) is 11.6 Å². The van der Waals surface area contributed by atoms with Crippen LogP contribution >= 0.6 is 0 Å². The highest BCUT2D eigenvalue weighted by Crippen LogP contribution is 2.20. The zero-order valence-corrected chi connectivity index (χ0v) is 15.1. The van der Waals surface area contributed by atoms with Crippen molar-refractivity contribution in [2.24, 2.45) is 4.99 Å². The van der Waals surface area contributed by atoms with Gasteiger partial charge in [-0.3, -0.25) is 15.2 Å². The van der Waals surface area contributed by atoms with Gasteiger partial charge in [-0.2, -0.15) is 5.10 Å². The molecular weight excluding hydrogens is 352 g/mol. The number of amides is 1. The number of guanidine groups is 1. The molecule has 0 unspecified atom stereocenters. The number of aromatic nitrogens is 2. The highest BCUT2D eigenvalue weighted by Gasteiger charge is 2.17. The Balaban J connectivity index is 1.89. The largest absolute Gasteiger partial charge is 0.309 e. The summed E-state index contributed by atoms with van der Waals surface area (Å²) >= 11 is 0. The molecule has 1 amide bonds. The summed E-state index contributed by atoms with van der Waals surface area (Å²) in [5.74, 6) is -2.10. The number of nitrogens with one attached hydrogen (secondary N) is 3. The normalized spacial score (nSPS) is 12.3. The van der Waals surface area contributed by atoms with Crippen LogP contribution in [0.3, 0.4) is 0 Å². The number of nitrogens with zero attached hydrogens (tertiary/aromatic N) is 2. The lowest BCUT2D eigenvalue weighted by molar-refractivity contribution is 0.0976. The highest BCUT2D eigenvalue weighted by molar-refractivity contribution is 6.11. The molecule has 6 nitrogen and oxygen atoms in total. The quantitative estimate of drug-likeness (QED) is 0.473. The van der Waals surface area contributed by atoms with Gasteiger partial charge in [-0.05, 0) is 51.1 Å². The number of carbonyl (C=O) groups is 1. The number of rotatable bonds is 2. The van der Waals surface area contributed by atoms with Crippen LogP contribution in [0.15, 0.2) is 47.5 Å². The predicted molar refractivity (Wildman–Crippen MR) is 101 cm³/mol. The van der Waals surface area contributed by atoms with E-state index >= 15 is 0 Å². The highest BCUT2D eigenvalue weighted by atomic mass is 19.2. The molecule has 0 aliphatic rings. The number of anilines is 1. The van der Waals surface area contributed by atoms with E-state index in [1.165, 1.54) is 6.07 Å². The second kappa shape index (κ2) is 7.14. The van der Waals surface area contributed by atoms with Gasteiger partial charge < -0.3 is 5.32 Å². The number of hydrogen-bond donors (Lipinski definition) is 3. The van der Waals surface area contributed by atoms with Gasteiger partial charge in [0.25, 0.3) is 5.91 Å². The molecule has 0 saturated carbocycles. The number of aliphatic imine (C=N–C) groups is 1. The molecule has 0 radical (unpaired) electrons. The Morgan fingerprint density at radius 2 is 1.85 bits per heavy atom. The molecule has 3 aromatic rings. The average Bonchev–Trinajstić information content (AvgIpc) is 2.99. The zero-order valence-electron chi connectivity index (χ0n) is 15.1. The maximum atomic E-state index is 13.4. The van der Waals surface area contributed by atoms with Gasteiger partial charge in [-0.1, -0.05) is 12.1 Å². The fourth-order valence-corrected chi connectivity index (χ4v) is 2.41. The van der Waals surface area contributed by atoms with E-state index in [0.717, 1.165) is 23.0 Å². The molecule has 140 valence electrons. The fraction of sp³-hybridized carbons (Fsp3) is 0.211. The van der Waals surface area contributed by atoms with Gasteiger partial charge in [0, 0.05) is 10.9 Å². The van der Waals surface area contributed by atoms with E-state index in [9.17, 15) is 13.6 Å². The van der Waals surface area contributed by atoms with Crippen molar-refractivity contribution in [3.63, 3.8) is 0 Å². The lowest BCUT2D eigenvalue weighted by Crippen LogP contribution is -2.38. The maximum absolute atomic E-state index is 13.4. The molecule has 0 aliphatic heterocycles. The van der Waals surface area contributed by atoms with E-state index in [1.807, 2.05) is 45.0 Å². The van der Waals surface area contributed by atoms with Crippen molar-refractivity contribution in [3.8, 4) is 0 Å². The molecule has 3 rings (SSSR count). The first-order valence-electron chi connectivity index (χ1n) is 8.29. The monoisotopic (exact) mass is 371 g/mol. The minimum Gasteiger partial charge on any atom is -0.309 e. The summed E-state index contributed by atoms with van der Waals surface area (Å²) in [5.41, 5.74) is 0.293. The van der Waals surface area contributed by atoms with E-state index < -0.39 is 23.1 Å². The van der Waals surface area contributed by atoms with Crippen molar-refractivity contribution in [1.82, 2.24) is 15.5 Å². The number of aromatic amines is 1. The molecule has 0 spiro atoms. The number of benzene rings is 2. The van der Waals surface area contributed by atoms with Crippen molar-refractivity contribution in [3.05, 3.63) is 59.7 Å². The van der Waals surface area contributed by atoms with Crippen LogP contribution in [0.2, 0.25) is 0 Å². The van der Waals surface area contributed by atoms with Gasteiger partial charge in [-0.25, -0.2) is 13.8 Å². The molecule has 2 aromatic carbocycles. The topological polar surface area (TPSA) is 82.2 Å². The standard InChI is InChI=1S/C19H19F2N5O/c1-19(2,3)24-18(22-16-12-6-4-5-7-15(12)25-26-16)23-17(27)11-8-9-13(20)14(21)10-11/h4-10H,1-3H3,(H3,22,23,24,25,26,27). The molecular formula is C19H19F2N5O. The summed E-state index contributed by atoms with van der Waals surface area (Å²) in [7, 11) is 0. The summed E-state index contributed by atoms with van der Waals surface area (Å²) in [6.07, 6.45) is 0. The third-order valence-electron chi connectivity index (χ3n) is 3.57. The van der Waals surface area contributed by atoms with Crippen molar-refractivity contribution >= 4 is 28.6 Å². The van der Waals surface area contributed by atoms with Crippen LogP contribution in [-0.2, 0) is 0 Å². The zero-order chi connectivity index (χ0) is 19.6. The third-order valence-corrected chi connectivity index (χ3v) is 3.57. The van der Waals surface area contributed by atoms with Crippen molar-refractivity contribution in [1.29, 1.82) is 0 Å². The summed E-state index contributed by atoms with van der Waals surface area (Å²) in [5, 5.41) is 13.5. The molecule has 27 heavy (non-hydrogen) atoms. The van der Waals surface area contributed by atoms with Crippen LogP contribution in [0.25, 0.3) is 10.9 Å². The van der Waals surface area contributed by atoms with Gasteiger partial charge in [0.1, 0.15) is 0 Å². The van der Waals surface area contributed by atoms with E-state index in [1.54, 1.807) is 0 Å². The van der Waals surface area contributed by atoms with Gasteiger partial charge in [0.2, 0.25) is 5.96 Å². The Bertz CT molecular complexity index is 1020. The Hall–Kier alpha value is -3.29. The maximum Gasteiger partial charge on any atom is 0.258 e. The SMILES string of the molecule is CC(C)(C)N=C(NC(=O)c1ccc(F)c(F)c1)Nc1n[nH]c2ccccc12. The Morgan fingerprint density at radius 1 is 1.11 bits per heavy atom. The summed E-state index contributed by atoms with van der Waals surface area (Å²) in [6, 6.07) is 10.4. The van der Waals surface area contributed by atoms with Crippen molar-refractivity contribution < 1.29 is 13.6 Å². The predicted octanol–water partition coefficient (Wildman–Crippen LogP) is 3.84. The molecule has 0 fully saturated rings. The van der Waals surface area contributed by atoms with Crippen molar-refractivity contribution in [2.45, 2.75) is 26.3 Å². The molecule has 3 N–H and O–H groups in total. The molecule has 0 atom stereocenters. The lowest BCUT2D eigenvalue weighted by atomic mass is 10.1. The average molecular weight is 371 g/mol. The number of halogens is 2. The number of H-pyrrole nitrogens is 1. The summed E-state index contributed by atoms with van der Waals surface area (Å²) in [6.45, 7) is 5.59.